The molecule has 2 amide bonds. The summed E-state index contributed by atoms with van der Waals surface area (Å²) in [6.45, 7) is 3.96. The Hall–Kier alpha value is -3.11. The second-order valence-corrected chi connectivity index (χ2v) is 10.9. The quantitative estimate of drug-likeness (QED) is 0.246. The molecule has 1 saturated heterocycles. The van der Waals surface area contributed by atoms with Crippen LogP contribution in [-0.2, 0) is 27.2 Å². The number of carbonyl (C=O) groups excluding carboxylic acids is 2. The molecule has 1 unspecified atom stereocenters. The van der Waals surface area contributed by atoms with Gasteiger partial charge in [-0.15, -0.1) is 0 Å². The molecule has 1 aromatic carbocycles. The maximum Gasteiger partial charge on any atom is 0.328 e. The number of aromatic nitrogens is 1. The lowest BCUT2D eigenvalue weighted by molar-refractivity contribution is -0.143. The van der Waals surface area contributed by atoms with E-state index in [4.69, 9.17) is 0 Å². The largest absolute Gasteiger partial charge is 0.480 e. The first-order chi connectivity index (χ1) is 17.9. The molecule has 2 aliphatic rings. The summed E-state index contributed by atoms with van der Waals surface area (Å²) in [6, 6.07) is 11.2. The highest BCUT2D eigenvalue weighted by Gasteiger charge is 2.35. The minimum Gasteiger partial charge on any atom is -0.480 e. The minimum absolute atomic E-state index is 0.133. The number of hydrogen-bond donors (Lipinski definition) is 4. The molecule has 10 heteroatoms. The topological polar surface area (TPSA) is 124 Å². The Morgan fingerprint density at radius 3 is 2.84 bits per heavy atom. The second-order valence-electron chi connectivity index (χ2n) is 9.70. The average Bonchev–Trinajstić information content (AvgIpc) is 2.86. The van der Waals surface area contributed by atoms with Gasteiger partial charge in [-0.05, 0) is 80.3 Å². The second kappa shape index (κ2) is 12.9. The summed E-state index contributed by atoms with van der Waals surface area (Å²) >= 11 is 1.59. The van der Waals surface area contributed by atoms with Crippen molar-refractivity contribution in [2.24, 2.45) is 5.92 Å². The number of pyridine rings is 1. The van der Waals surface area contributed by atoms with Gasteiger partial charge < -0.3 is 21.1 Å². The van der Waals surface area contributed by atoms with Crippen LogP contribution < -0.4 is 16.0 Å². The van der Waals surface area contributed by atoms with Gasteiger partial charge >= 0.3 is 5.97 Å². The molecule has 0 spiro atoms. The van der Waals surface area contributed by atoms with Crippen molar-refractivity contribution >= 4 is 35.5 Å². The van der Waals surface area contributed by atoms with E-state index >= 15 is 0 Å². The average molecular weight is 526 g/mol. The molecule has 198 valence electrons. The SMILES string of the molecule is Cc1cccc(SN2CC(C(=O)NC(CNC(=O)CCCCc3ccc4c(n3)NCCC4)C(=O)O)C2)c1. The number of hydrogen-bond acceptors (Lipinski definition) is 7. The lowest BCUT2D eigenvalue weighted by Crippen LogP contribution is -2.56. The predicted octanol–water partition coefficient (Wildman–Crippen LogP) is 2.79. The van der Waals surface area contributed by atoms with Crippen LogP contribution in [0.5, 0.6) is 0 Å². The van der Waals surface area contributed by atoms with Gasteiger partial charge in [0.25, 0.3) is 0 Å². The fourth-order valence-electron chi connectivity index (χ4n) is 4.39. The maximum atomic E-state index is 12.5. The Morgan fingerprint density at radius 1 is 1.22 bits per heavy atom. The lowest BCUT2D eigenvalue weighted by atomic mass is 10.0. The van der Waals surface area contributed by atoms with Crippen molar-refractivity contribution in [3.8, 4) is 0 Å². The molecule has 0 radical (unpaired) electrons. The van der Waals surface area contributed by atoms with Gasteiger partial charge in [0.2, 0.25) is 11.8 Å². The van der Waals surface area contributed by atoms with E-state index in [2.05, 4.69) is 43.4 Å². The van der Waals surface area contributed by atoms with Crippen LogP contribution >= 0.6 is 11.9 Å². The summed E-state index contributed by atoms with van der Waals surface area (Å²) in [4.78, 5) is 42.2. The van der Waals surface area contributed by atoms with E-state index < -0.39 is 12.0 Å². The van der Waals surface area contributed by atoms with E-state index in [1.165, 1.54) is 11.1 Å². The number of carbonyl (C=O) groups is 3. The van der Waals surface area contributed by atoms with Gasteiger partial charge in [0.1, 0.15) is 11.9 Å². The number of nitrogens with one attached hydrogen (secondary N) is 3. The van der Waals surface area contributed by atoms with Gasteiger partial charge in [-0.25, -0.2) is 14.1 Å². The Bertz CT molecular complexity index is 1120. The summed E-state index contributed by atoms with van der Waals surface area (Å²) in [7, 11) is 0. The zero-order valence-corrected chi connectivity index (χ0v) is 22.0. The summed E-state index contributed by atoms with van der Waals surface area (Å²) < 4.78 is 2.08. The van der Waals surface area contributed by atoms with Crippen molar-refractivity contribution in [2.45, 2.75) is 56.4 Å². The van der Waals surface area contributed by atoms with Crippen LogP contribution in [0.25, 0.3) is 0 Å². The summed E-state index contributed by atoms with van der Waals surface area (Å²) in [5.74, 6) is -0.962. The zero-order chi connectivity index (χ0) is 26.2. The molecular formula is C27H35N5O4S. The van der Waals surface area contributed by atoms with E-state index in [1.54, 1.807) is 11.9 Å². The van der Waals surface area contributed by atoms with Crippen molar-refractivity contribution < 1.29 is 19.5 Å². The third-order valence-electron chi connectivity index (χ3n) is 6.60. The highest BCUT2D eigenvalue weighted by atomic mass is 32.2. The maximum absolute atomic E-state index is 12.5. The third-order valence-corrected chi connectivity index (χ3v) is 7.62. The third kappa shape index (κ3) is 7.93. The molecule has 2 aliphatic heterocycles. The van der Waals surface area contributed by atoms with E-state index in [-0.39, 0.29) is 24.3 Å². The van der Waals surface area contributed by atoms with Gasteiger partial charge in [0.15, 0.2) is 0 Å². The first kappa shape index (κ1) is 26.9. The van der Waals surface area contributed by atoms with Crippen LogP contribution in [0.2, 0.25) is 0 Å². The van der Waals surface area contributed by atoms with Crippen LogP contribution in [0.4, 0.5) is 5.82 Å². The predicted molar refractivity (Wildman–Crippen MR) is 143 cm³/mol. The molecule has 0 aliphatic carbocycles. The van der Waals surface area contributed by atoms with Gasteiger partial charge in [-0.1, -0.05) is 18.2 Å². The molecule has 1 fully saturated rings. The molecule has 9 nitrogen and oxygen atoms in total. The number of amides is 2. The highest BCUT2D eigenvalue weighted by molar-refractivity contribution is 7.97. The van der Waals surface area contributed by atoms with Crippen molar-refractivity contribution in [3.05, 3.63) is 53.2 Å². The van der Waals surface area contributed by atoms with Crippen molar-refractivity contribution in [1.82, 2.24) is 19.9 Å². The number of benzene rings is 1. The number of carboxylic acid groups (broad SMARTS) is 1. The molecule has 1 aromatic heterocycles. The van der Waals surface area contributed by atoms with Gasteiger partial charge in [-0.2, -0.15) is 0 Å². The molecule has 37 heavy (non-hydrogen) atoms. The molecule has 0 saturated carbocycles. The van der Waals surface area contributed by atoms with Crippen LogP contribution in [0, 0.1) is 12.8 Å². The normalized spacial score (nSPS) is 16.1. The fraction of sp³-hybridized carbons (Fsp3) is 0.481. The van der Waals surface area contributed by atoms with Gasteiger partial charge in [0, 0.05) is 43.2 Å². The first-order valence-electron chi connectivity index (χ1n) is 12.9. The van der Waals surface area contributed by atoms with E-state index in [0.29, 0.717) is 25.9 Å². The van der Waals surface area contributed by atoms with Gasteiger partial charge in [-0.3, -0.25) is 9.59 Å². The van der Waals surface area contributed by atoms with Gasteiger partial charge in [0.05, 0.1) is 5.92 Å². The highest BCUT2D eigenvalue weighted by Crippen LogP contribution is 2.30. The monoisotopic (exact) mass is 525 g/mol. The van der Waals surface area contributed by atoms with Crippen LogP contribution in [0.3, 0.4) is 0 Å². The first-order valence-corrected chi connectivity index (χ1v) is 13.7. The lowest BCUT2D eigenvalue weighted by Gasteiger charge is -2.37. The number of anilines is 1. The number of unbranched alkanes of at least 4 members (excludes halogenated alkanes) is 1. The smallest absolute Gasteiger partial charge is 0.328 e. The van der Waals surface area contributed by atoms with Crippen molar-refractivity contribution in [3.63, 3.8) is 0 Å². The van der Waals surface area contributed by atoms with Crippen molar-refractivity contribution in [1.29, 1.82) is 0 Å². The molecule has 1 atom stereocenters. The minimum atomic E-state index is -1.16. The zero-order valence-electron chi connectivity index (χ0n) is 21.2. The Kier molecular flexibility index (Phi) is 9.40. The molecule has 0 bridgehead atoms. The number of rotatable bonds is 12. The summed E-state index contributed by atoms with van der Waals surface area (Å²) in [6.07, 6.45) is 4.77. The van der Waals surface area contributed by atoms with Crippen LogP contribution in [0.1, 0.15) is 42.5 Å². The Labute approximate surface area is 221 Å². The Morgan fingerprint density at radius 2 is 2.05 bits per heavy atom. The number of carboxylic acids is 1. The van der Waals surface area contributed by atoms with E-state index in [1.807, 2.05) is 25.1 Å². The number of fused-ring (bicyclic) bond motifs is 1. The van der Waals surface area contributed by atoms with E-state index in [0.717, 1.165) is 48.6 Å². The number of aliphatic carboxylic acids is 1. The summed E-state index contributed by atoms with van der Waals surface area (Å²) in [5.41, 5.74) is 3.44. The number of aryl methyl sites for hydroxylation is 3. The Balaban J connectivity index is 1.12. The fourth-order valence-corrected chi connectivity index (χ4v) is 5.58. The summed E-state index contributed by atoms with van der Waals surface area (Å²) in [5, 5.41) is 18.1. The molecular weight excluding hydrogens is 490 g/mol. The molecule has 3 heterocycles. The van der Waals surface area contributed by atoms with Crippen LogP contribution in [0.15, 0.2) is 41.3 Å². The molecule has 2 aromatic rings. The standard InChI is InChI=1S/C27H35N5O4S/c1-18-6-4-9-22(14-18)37-32-16-20(17-32)26(34)31-23(27(35)36)15-29-24(33)10-3-2-8-21-12-11-19-7-5-13-28-25(19)30-21/h4,6,9,11-12,14,20,23H,2-3,5,7-8,10,13,15-17H2,1H3,(H,28,30)(H,29,33)(H,31,34)(H,35,36). The van der Waals surface area contributed by atoms with E-state index in [9.17, 15) is 19.5 Å². The molecule has 4 N–H and O–H groups in total. The van der Waals surface area contributed by atoms with Crippen LogP contribution in [-0.4, -0.2) is 64.4 Å². The molecule has 4 rings (SSSR count). The number of nitrogens with zero attached hydrogens (tertiary/aromatic N) is 2. The van der Waals surface area contributed by atoms with Crippen molar-refractivity contribution in [2.75, 3.05) is 31.5 Å².